The van der Waals surface area contributed by atoms with Crippen molar-refractivity contribution in [1.29, 1.82) is 0 Å². The number of benzene rings is 2. The number of nitrogens with zero attached hydrogens (tertiary/aromatic N) is 2. The van der Waals surface area contributed by atoms with Gasteiger partial charge in [-0.05, 0) is 43.3 Å². The van der Waals surface area contributed by atoms with Gasteiger partial charge in [-0.3, -0.25) is 14.2 Å². The number of aromatic nitrogens is 2. The van der Waals surface area contributed by atoms with Crippen molar-refractivity contribution in [3.63, 3.8) is 0 Å². The van der Waals surface area contributed by atoms with Crippen molar-refractivity contribution in [1.82, 2.24) is 9.55 Å². The van der Waals surface area contributed by atoms with Gasteiger partial charge in [0.1, 0.15) is 18.2 Å². The summed E-state index contributed by atoms with van der Waals surface area (Å²) in [7, 11) is 0. The molecule has 0 aliphatic rings. The van der Waals surface area contributed by atoms with Gasteiger partial charge in [0.25, 0.3) is 5.56 Å². The molecular weight excluding hydrogens is 390 g/mol. The van der Waals surface area contributed by atoms with E-state index in [-0.39, 0.29) is 23.2 Å². The van der Waals surface area contributed by atoms with Gasteiger partial charge in [0.15, 0.2) is 0 Å². The fourth-order valence-corrected chi connectivity index (χ4v) is 2.66. The molecule has 0 atom stereocenters. The number of amides is 1. The molecule has 144 valence electrons. The molecule has 0 aliphatic heterocycles. The molecule has 1 heterocycles. The minimum atomic E-state index is -0.611. The molecule has 0 fully saturated rings. The Labute approximate surface area is 163 Å². The van der Waals surface area contributed by atoms with E-state index in [0.717, 1.165) is 10.6 Å². The predicted octanol–water partition coefficient (Wildman–Crippen LogP) is 3.87. The minimum absolute atomic E-state index is 0.0860. The van der Waals surface area contributed by atoms with Crippen molar-refractivity contribution in [3.8, 4) is 0 Å². The summed E-state index contributed by atoms with van der Waals surface area (Å²) >= 11 is 5.70. The van der Waals surface area contributed by atoms with Crippen molar-refractivity contribution in [2.75, 3.05) is 10.6 Å². The molecule has 0 spiro atoms. The van der Waals surface area contributed by atoms with Gasteiger partial charge in [0.05, 0.1) is 5.02 Å². The van der Waals surface area contributed by atoms with Gasteiger partial charge in [0.2, 0.25) is 11.9 Å². The van der Waals surface area contributed by atoms with Crippen LogP contribution >= 0.6 is 11.6 Å². The Morgan fingerprint density at radius 1 is 1.14 bits per heavy atom. The number of nitrogens with one attached hydrogen (secondary N) is 2. The summed E-state index contributed by atoms with van der Waals surface area (Å²) in [6, 6.07) is 10.6. The molecule has 2 aromatic carbocycles. The summed E-state index contributed by atoms with van der Waals surface area (Å²) in [5, 5.41) is 5.24. The quantitative estimate of drug-likeness (QED) is 0.677. The van der Waals surface area contributed by atoms with Crippen LogP contribution in [0.4, 0.5) is 26.1 Å². The third-order valence-corrected chi connectivity index (χ3v) is 4.01. The Morgan fingerprint density at radius 2 is 1.93 bits per heavy atom. The van der Waals surface area contributed by atoms with Crippen LogP contribution in [0.3, 0.4) is 0 Å². The van der Waals surface area contributed by atoms with Gasteiger partial charge in [0, 0.05) is 23.1 Å². The maximum atomic E-state index is 13.4. The lowest BCUT2D eigenvalue weighted by molar-refractivity contribution is -0.116. The lowest BCUT2D eigenvalue weighted by Gasteiger charge is -2.14. The van der Waals surface area contributed by atoms with Crippen LogP contribution in [0, 0.1) is 18.6 Å². The number of halogens is 3. The lowest BCUT2D eigenvalue weighted by atomic mass is 10.3. The van der Waals surface area contributed by atoms with E-state index >= 15 is 0 Å². The molecule has 0 saturated heterocycles. The number of rotatable bonds is 5. The van der Waals surface area contributed by atoms with E-state index in [0.29, 0.717) is 11.4 Å². The first-order valence-corrected chi connectivity index (χ1v) is 8.55. The second-order valence-corrected chi connectivity index (χ2v) is 6.37. The van der Waals surface area contributed by atoms with Crippen molar-refractivity contribution >= 4 is 34.8 Å². The second-order valence-electron chi connectivity index (χ2n) is 5.96. The van der Waals surface area contributed by atoms with Crippen LogP contribution in [-0.4, -0.2) is 15.5 Å². The highest BCUT2D eigenvalue weighted by atomic mass is 35.5. The van der Waals surface area contributed by atoms with Gasteiger partial charge >= 0.3 is 0 Å². The Bertz CT molecular complexity index is 1100. The van der Waals surface area contributed by atoms with Gasteiger partial charge in [-0.25, -0.2) is 13.8 Å². The molecule has 1 aromatic heterocycles. The first-order chi connectivity index (χ1) is 13.3. The van der Waals surface area contributed by atoms with Crippen molar-refractivity contribution in [2.24, 2.45) is 0 Å². The molecule has 0 bridgehead atoms. The topological polar surface area (TPSA) is 76.0 Å². The molecule has 0 unspecified atom stereocenters. The maximum absolute atomic E-state index is 13.4. The molecule has 0 aliphatic carbocycles. The van der Waals surface area contributed by atoms with E-state index in [1.807, 2.05) is 0 Å². The zero-order valence-corrected chi connectivity index (χ0v) is 15.4. The molecule has 6 nitrogen and oxygen atoms in total. The Morgan fingerprint density at radius 3 is 2.64 bits per heavy atom. The first kappa shape index (κ1) is 19.5. The zero-order chi connectivity index (χ0) is 20.3. The summed E-state index contributed by atoms with van der Waals surface area (Å²) in [6.07, 6.45) is 0. The Kier molecular flexibility index (Phi) is 5.70. The van der Waals surface area contributed by atoms with E-state index in [4.69, 9.17) is 11.6 Å². The van der Waals surface area contributed by atoms with E-state index in [2.05, 4.69) is 15.6 Å². The van der Waals surface area contributed by atoms with E-state index in [1.165, 1.54) is 36.4 Å². The molecule has 2 N–H and O–H groups in total. The fourth-order valence-electron chi connectivity index (χ4n) is 2.48. The standard InChI is InChI=1S/C19H15ClF2N4O2/c1-11-7-18(28)26(19(23-11)25-13-4-2-3-12(21)8-13)10-17(27)24-14-5-6-16(22)15(20)9-14/h2-9H,10H2,1H3,(H,23,25)(H,24,27). The number of carbonyl (C=O) groups excluding carboxylic acids is 1. The van der Waals surface area contributed by atoms with Crippen LogP contribution in [0.25, 0.3) is 0 Å². The van der Waals surface area contributed by atoms with E-state index in [9.17, 15) is 18.4 Å². The number of carbonyl (C=O) groups is 1. The summed E-state index contributed by atoms with van der Waals surface area (Å²) in [5.41, 5.74) is 0.630. The van der Waals surface area contributed by atoms with Crippen molar-refractivity contribution in [3.05, 3.63) is 81.2 Å². The minimum Gasteiger partial charge on any atom is -0.325 e. The molecule has 0 radical (unpaired) electrons. The van der Waals surface area contributed by atoms with Crippen molar-refractivity contribution < 1.29 is 13.6 Å². The fraction of sp³-hybridized carbons (Fsp3) is 0.105. The number of hydrogen-bond donors (Lipinski definition) is 2. The zero-order valence-electron chi connectivity index (χ0n) is 14.7. The smallest absolute Gasteiger partial charge is 0.255 e. The summed E-state index contributed by atoms with van der Waals surface area (Å²) in [4.78, 5) is 28.9. The second kappa shape index (κ2) is 8.18. The number of aryl methyl sites for hydroxylation is 1. The summed E-state index contributed by atoms with van der Waals surface area (Å²) in [5.74, 6) is -1.53. The highest BCUT2D eigenvalue weighted by Gasteiger charge is 2.13. The number of hydrogen-bond acceptors (Lipinski definition) is 4. The van der Waals surface area contributed by atoms with E-state index < -0.39 is 23.1 Å². The van der Waals surface area contributed by atoms with Crippen molar-refractivity contribution in [2.45, 2.75) is 13.5 Å². The molecule has 0 saturated carbocycles. The molecule has 28 heavy (non-hydrogen) atoms. The van der Waals surface area contributed by atoms with Crippen LogP contribution < -0.4 is 16.2 Å². The highest BCUT2D eigenvalue weighted by molar-refractivity contribution is 6.31. The normalized spacial score (nSPS) is 10.6. The number of anilines is 3. The van der Waals surface area contributed by atoms with Crippen LogP contribution in [0.5, 0.6) is 0 Å². The van der Waals surface area contributed by atoms with E-state index in [1.54, 1.807) is 13.0 Å². The average molecular weight is 405 g/mol. The summed E-state index contributed by atoms with van der Waals surface area (Å²) < 4.78 is 27.8. The largest absolute Gasteiger partial charge is 0.325 e. The molecule has 3 rings (SSSR count). The third-order valence-electron chi connectivity index (χ3n) is 3.72. The average Bonchev–Trinajstić information content (AvgIpc) is 2.61. The first-order valence-electron chi connectivity index (χ1n) is 8.18. The summed E-state index contributed by atoms with van der Waals surface area (Å²) in [6.45, 7) is 1.27. The third kappa shape index (κ3) is 4.72. The van der Waals surface area contributed by atoms with Gasteiger partial charge in [-0.1, -0.05) is 17.7 Å². The predicted molar refractivity (Wildman–Crippen MR) is 103 cm³/mol. The van der Waals surface area contributed by atoms with Crippen LogP contribution in [0.15, 0.2) is 53.3 Å². The SMILES string of the molecule is Cc1cc(=O)n(CC(=O)Nc2ccc(F)c(Cl)c2)c(Nc2cccc(F)c2)n1. The monoisotopic (exact) mass is 404 g/mol. The molecule has 9 heteroatoms. The maximum Gasteiger partial charge on any atom is 0.255 e. The van der Waals surface area contributed by atoms with Crippen LogP contribution in [0.1, 0.15) is 5.69 Å². The van der Waals surface area contributed by atoms with Crippen LogP contribution in [-0.2, 0) is 11.3 Å². The Balaban J connectivity index is 1.85. The van der Waals surface area contributed by atoms with Gasteiger partial charge in [-0.2, -0.15) is 0 Å². The molecule has 3 aromatic rings. The van der Waals surface area contributed by atoms with Gasteiger partial charge in [-0.15, -0.1) is 0 Å². The lowest BCUT2D eigenvalue weighted by Crippen LogP contribution is -2.30. The highest BCUT2D eigenvalue weighted by Crippen LogP contribution is 2.20. The molecule has 1 amide bonds. The Hall–Kier alpha value is -3.26. The molecular formula is C19H15ClF2N4O2. The van der Waals surface area contributed by atoms with Gasteiger partial charge < -0.3 is 10.6 Å². The van der Waals surface area contributed by atoms with Crippen LogP contribution in [0.2, 0.25) is 5.02 Å².